The summed E-state index contributed by atoms with van der Waals surface area (Å²) in [5.41, 5.74) is 5.55. The van der Waals surface area contributed by atoms with Gasteiger partial charge >= 0.3 is 0 Å². The summed E-state index contributed by atoms with van der Waals surface area (Å²) in [6.07, 6.45) is 0.426. The number of rotatable bonds is 9. The molecule has 2 unspecified atom stereocenters. The second-order valence-electron chi connectivity index (χ2n) is 8.56. The van der Waals surface area contributed by atoms with Crippen molar-refractivity contribution < 1.29 is 19.1 Å². The first kappa shape index (κ1) is 24.6. The van der Waals surface area contributed by atoms with Crippen LogP contribution in [0.15, 0.2) is 17.5 Å². The van der Waals surface area contributed by atoms with Crippen LogP contribution >= 0.6 is 11.3 Å². The molecule has 2 atom stereocenters. The van der Waals surface area contributed by atoms with Crippen molar-refractivity contribution in [2.24, 2.45) is 11.7 Å². The van der Waals surface area contributed by atoms with Crippen molar-refractivity contribution in [3.8, 4) is 0 Å². The molecule has 0 aromatic carbocycles. The molecule has 0 bridgehead atoms. The molecule has 1 aromatic heterocycles. The lowest BCUT2D eigenvalue weighted by atomic mass is 10.1. The topological polar surface area (TPSA) is 108 Å². The third-order valence-electron chi connectivity index (χ3n) is 6.00. The van der Waals surface area contributed by atoms with Crippen LogP contribution in [0.4, 0.5) is 0 Å². The van der Waals surface area contributed by atoms with Gasteiger partial charge in [0.05, 0.1) is 24.1 Å². The van der Waals surface area contributed by atoms with Gasteiger partial charge in [-0.3, -0.25) is 19.3 Å². The second kappa shape index (κ2) is 11.7. The molecule has 2 aliphatic rings. The number of morpholine rings is 1. The Morgan fingerprint density at radius 2 is 2.06 bits per heavy atom. The summed E-state index contributed by atoms with van der Waals surface area (Å²) in [6.45, 7) is 9.23. The lowest BCUT2D eigenvalue weighted by molar-refractivity contribution is -0.137. The highest BCUT2D eigenvalue weighted by Crippen LogP contribution is 2.27. The summed E-state index contributed by atoms with van der Waals surface area (Å²) >= 11 is 1.36. The number of nitrogens with zero attached hydrogens (tertiary/aromatic N) is 3. The maximum absolute atomic E-state index is 13.2. The lowest BCUT2D eigenvalue weighted by Crippen LogP contribution is -2.49. The molecule has 3 amide bonds. The smallest absolute Gasteiger partial charge is 0.264 e. The predicted molar refractivity (Wildman–Crippen MR) is 123 cm³/mol. The predicted octanol–water partition coefficient (Wildman–Crippen LogP) is 0.223. The van der Waals surface area contributed by atoms with Crippen molar-refractivity contribution in [1.29, 1.82) is 0 Å². The largest absolute Gasteiger partial charge is 0.379 e. The molecule has 32 heavy (non-hydrogen) atoms. The lowest BCUT2D eigenvalue weighted by Gasteiger charge is -2.34. The molecule has 3 heterocycles. The summed E-state index contributed by atoms with van der Waals surface area (Å²) in [6, 6.07) is 2.77. The summed E-state index contributed by atoms with van der Waals surface area (Å²) in [5.74, 6) is -0.491. The molecule has 3 rings (SSSR count). The zero-order chi connectivity index (χ0) is 23.1. The van der Waals surface area contributed by atoms with Crippen LogP contribution in [0.1, 0.15) is 29.9 Å². The van der Waals surface area contributed by atoms with E-state index < -0.39 is 6.04 Å². The highest BCUT2D eigenvalue weighted by Gasteiger charge is 2.43. The Balaban J connectivity index is 1.77. The Labute approximate surface area is 193 Å². The van der Waals surface area contributed by atoms with E-state index in [2.05, 4.69) is 10.2 Å². The normalized spacial score (nSPS) is 21.7. The Morgan fingerprint density at radius 3 is 2.69 bits per heavy atom. The molecule has 0 spiro atoms. The van der Waals surface area contributed by atoms with E-state index in [9.17, 15) is 14.4 Å². The van der Waals surface area contributed by atoms with E-state index in [1.165, 1.54) is 11.3 Å². The van der Waals surface area contributed by atoms with Crippen LogP contribution in [-0.4, -0.2) is 104 Å². The molecule has 2 fully saturated rings. The summed E-state index contributed by atoms with van der Waals surface area (Å²) in [7, 11) is 0. The Hall–Kier alpha value is -2.01. The Kier molecular flexibility index (Phi) is 9.03. The number of nitrogens with one attached hydrogen (secondary N) is 1. The van der Waals surface area contributed by atoms with Crippen LogP contribution in [0.3, 0.4) is 0 Å². The number of hydrogen-bond donors (Lipinski definition) is 2. The third kappa shape index (κ3) is 6.06. The minimum Gasteiger partial charge on any atom is -0.379 e. The zero-order valence-electron chi connectivity index (χ0n) is 19.0. The maximum atomic E-state index is 13.2. The Bertz CT molecular complexity index is 766. The van der Waals surface area contributed by atoms with Gasteiger partial charge in [0.15, 0.2) is 0 Å². The Morgan fingerprint density at radius 1 is 1.31 bits per heavy atom. The van der Waals surface area contributed by atoms with E-state index >= 15 is 0 Å². The first-order chi connectivity index (χ1) is 15.4. The number of hydrogen-bond acceptors (Lipinski definition) is 7. The molecule has 3 N–H and O–H groups in total. The summed E-state index contributed by atoms with van der Waals surface area (Å²) < 4.78 is 5.42. The van der Waals surface area contributed by atoms with Crippen molar-refractivity contribution >= 4 is 29.1 Å². The SMILES string of the molecule is CC(C)C(=O)N(CCN1CCOCC1)C1CC(C(=O)NCCN)N(C(=O)c2cccs2)C1. The zero-order valence-corrected chi connectivity index (χ0v) is 19.8. The van der Waals surface area contributed by atoms with Crippen molar-refractivity contribution in [3.63, 3.8) is 0 Å². The van der Waals surface area contributed by atoms with Gasteiger partial charge in [0.25, 0.3) is 5.91 Å². The first-order valence-corrected chi connectivity index (χ1v) is 12.2. The van der Waals surface area contributed by atoms with Gasteiger partial charge in [0.2, 0.25) is 11.8 Å². The van der Waals surface area contributed by atoms with Gasteiger partial charge in [0, 0.05) is 51.7 Å². The van der Waals surface area contributed by atoms with Gasteiger partial charge in [-0.2, -0.15) is 0 Å². The number of amides is 3. The molecule has 0 radical (unpaired) electrons. The van der Waals surface area contributed by atoms with Crippen molar-refractivity contribution in [2.75, 3.05) is 59.0 Å². The number of likely N-dealkylation sites (tertiary alicyclic amines) is 1. The van der Waals surface area contributed by atoms with Gasteiger partial charge in [-0.25, -0.2) is 0 Å². The number of carbonyl (C=O) groups is 3. The van der Waals surface area contributed by atoms with Crippen LogP contribution in [0, 0.1) is 5.92 Å². The molecule has 0 saturated carbocycles. The molecule has 178 valence electrons. The van der Waals surface area contributed by atoms with Crippen molar-refractivity contribution in [1.82, 2.24) is 20.0 Å². The minimum absolute atomic E-state index is 0.0507. The monoisotopic (exact) mass is 465 g/mol. The van der Waals surface area contributed by atoms with Gasteiger partial charge < -0.3 is 25.6 Å². The number of carbonyl (C=O) groups excluding carboxylic acids is 3. The molecule has 2 saturated heterocycles. The fourth-order valence-corrected chi connectivity index (χ4v) is 4.92. The van der Waals surface area contributed by atoms with E-state index in [1.807, 2.05) is 30.2 Å². The molecule has 9 nitrogen and oxygen atoms in total. The molecule has 2 aliphatic heterocycles. The van der Waals surface area contributed by atoms with Crippen molar-refractivity contribution in [2.45, 2.75) is 32.4 Å². The van der Waals surface area contributed by atoms with Gasteiger partial charge in [-0.15, -0.1) is 11.3 Å². The van der Waals surface area contributed by atoms with Crippen LogP contribution in [0.5, 0.6) is 0 Å². The van der Waals surface area contributed by atoms with E-state index in [0.29, 0.717) is 50.7 Å². The van der Waals surface area contributed by atoms with Crippen molar-refractivity contribution in [3.05, 3.63) is 22.4 Å². The minimum atomic E-state index is -0.619. The average molecular weight is 466 g/mol. The standard InChI is InChI=1S/C22H35N5O4S/c1-16(2)21(29)26(8-7-25-9-11-31-12-10-25)17-14-18(20(28)24-6-5-23)27(15-17)22(30)19-4-3-13-32-19/h3-4,13,16-18H,5-12,14-15,23H2,1-2H3,(H,24,28). The first-order valence-electron chi connectivity index (χ1n) is 11.3. The van der Waals surface area contributed by atoms with E-state index in [1.54, 1.807) is 11.0 Å². The molecule has 1 aromatic rings. The van der Waals surface area contributed by atoms with Crippen LogP contribution < -0.4 is 11.1 Å². The molecule has 10 heteroatoms. The summed E-state index contributed by atoms with van der Waals surface area (Å²) in [4.78, 5) is 45.6. The van der Waals surface area contributed by atoms with Crippen LogP contribution in [0.25, 0.3) is 0 Å². The van der Waals surface area contributed by atoms with E-state index in [0.717, 1.165) is 19.6 Å². The van der Waals surface area contributed by atoms with E-state index in [-0.39, 0.29) is 29.7 Å². The van der Waals surface area contributed by atoms with Gasteiger partial charge in [-0.1, -0.05) is 19.9 Å². The van der Waals surface area contributed by atoms with Crippen LogP contribution in [0.2, 0.25) is 0 Å². The number of ether oxygens (including phenoxy) is 1. The quantitative estimate of drug-likeness (QED) is 0.540. The van der Waals surface area contributed by atoms with Gasteiger partial charge in [0.1, 0.15) is 6.04 Å². The molecular formula is C22H35N5O4S. The fraction of sp³-hybridized carbons (Fsp3) is 0.682. The third-order valence-corrected chi connectivity index (χ3v) is 6.85. The fourth-order valence-electron chi connectivity index (χ4n) is 4.25. The van der Waals surface area contributed by atoms with Gasteiger partial charge in [-0.05, 0) is 17.9 Å². The number of thiophene rings is 1. The highest BCUT2D eigenvalue weighted by atomic mass is 32.1. The highest BCUT2D eigenvalue weighted by molar-refractivity contribution is 7.12. The molecular weight excluding hydrogens is 430 g/mol. The maximum Gasteiger partial charge on any atom is 0.264 e. The van der Waals surface area contributed by atoms with E-state index in [4.69, 9.17) is 10.5 Å². The average Bonchev–Trinajstić information content (AvgIpc) is 3.48. The molecule has 0 aliphatic carbocycles. The second-order valence-corrected chi connectivity index (χ2v) is 9.51. The van der Waals surface area contributed by atoms with Crippen LogP contribution in [-0.2, 0) is 14.3 Å². The number of nitrogens with two attached hydrogens (primary N) is 1. The summed E-state index contributed by atoms with van der Waals surface area (Å²) in [5, 5.41) is 4.67.